The SMILES string of the molecule is CC1(CCc2ccc3c(c2)OCO3)NC(=O)N=C1N. The number of nitrogens with zero attached hydrogens (tertiary/aromatic N) is 1. The summed E-state index contributed by atoms with van der Waals surface area (Å²) >= 11 is 0. The first-order valence-electron chi connectivity index (χ1n) is 6.12. The topological polar surface area (TPSA) is 85.9 Å². The molecular formula is C13H15N3O3. The highest BCUT2D eigenvalue weighted by Gasteiger charge is 2.36. The van der Waals surface area contributed by atoms with E-state index in [0.717, 1.165) is 23.5 Å². The molecule has 19 heavy (non-hydrogen) atoms. The van der Waals surface area contributed by atoms with Crippen LogP contribution in [0.3, 0.4) is 0 Å². The van der Waals surface area contributed by atoms with Gasteiger partial charge in [0, 0.05) is 0 Å². The highest BCUT2D eigenvalue weighted by molar-refractivity contribution is 6.05. The molecule has 3 N–H and O–H groups in total. The van der Waals surface area contributed by atoms with Crippen LogP contribution in [-0.2, 0) is 6.42 Å². The fourth-order valence-electron chi connectivity index (χ4n) is 2.24. The van der Waals surface area contributed by atoms with Crippen LogP contribution in [0.1, 0.15) is 18.9 Å². The third kappa shape index (κ3) is 2.09. The molecule has 2 aliphatic heterocycles. The van der Waals surface area contributed by atoms with Gasteiger partial charge in [-0.05, 0) is 37.5 Å². The van der Waals surface area contributed by atoms with Crippen LogP contribution in [0.2, 0.25) is 0 Å². The number of urea groups is 1. The summed E-state index contributed by atoms with van der Waals surface area (Å²) in [4.78, 5) is 14.9. The summed E-state index contributed by atoms with van der Waals surface area (Å²) < 4.78 is 10.6. The van der Waals surface area contributed by atoms with Crippen molar-refractivity contribution in [1.29, 1.82) is 0 Å². The Labute approximate surface area is 110 Å². The Hall–Kier alpha value is -2.24. The van der Waals surface area contributed by atoms with E-state index in [-0.39, 0.29) is 12.8 Å². The maximum Gasteiger partial charge on any atom is 0.343 e. The zero-order chi connectivity index (χ0) is 13.5. The molecule has 0 fully saturated rings. The highest BCUT2D eigenvalue weighted by atomic mass is 16.7. The van der Waals surface area contributed by atoms with Crippen molar-refractivity contribution in [2.75, 3.05) is 6.79 Å². The van der Waals surface area contributed by atoms with E-state index in [1.54, 1.807) is 0 Å². The fraction of sp³-hybridized carbons (Fsp3) is 0.385. The van der Waals surface area contributed by atoms with Crippen molar-refractivity contribution in [3.05, 3.63) is 23.8 Å². The molecule has 0 aliphatic carbocycles. The van der Waals surface area contributed by atoms with Crippen molar-refractivity contribution in [2.45, 2.75) is 25.3 Å². The lowest BCUT2D eigenvalue weighted by Gasteiger charge is -2.23. The first-order chi connectivity index (χ1) is 9.07. The molecule has 0 spiro atoms. The average Bonchev–Trinajstić information content (AvgIpc) is 2.92. The largest absolute Gasteiger partial charge is 0.454 e. The van der Waals surface area contributed by atoms with Gasteiger partial charge in [-0.15, -0.1) is 0 Å². The van der Waals surface area contributed by atoms with E-state index < -0.39 is 5.54 Å². The van der Waals surface area contributed by atoms with Crippen LogP contribution in [0.5, 0.6) is 11.5 Å². The fourth-order valence-corrected chi connectivity index (χ4v) is 2.24. The maximum atomic E-state index is 11.2. The Morgan fingerprint density at radius 1 is 1.42 bits per heavy atom. The van der Waals surface area contributed by atoms with Crippen molar-refractivity contribution < 1.29 is 14.3 Å². The second-order valence-corrected chi connectivity index (χ2v) is 4.95. The number of nitrogens with one attached hydrogen (secondary N) is 1. The van der Waals surface area contributed by atoms with Crippen LogP contribution in [-0.4, -0.2) is 24.2 Å². The van der Waals surface area contributed by atoms with Gasteiger partial charge >= 0.3 is 6.03 Å². The van der Waals surface area contributed by atoms with Crippen molar-refractivity contribution >= 4 is 11.9 Å². The molecule has 100 valence electrons. The number of fused-ring (bicyclic) bond motifs is 1. The number of carbonyl (C=O) groups excluding carboxylic acids is 1. The second kappa shape index (κ2) is 4.15. The normalized spacial score (nSPS) is 24.3. The van der Waals surface area contributed by atoms with E-state index in [1.807, 2.05) is 25.1 Å². The van der Waals surface area contributed by atoms with Gasteiger partial charge in [0.05, 0.1) is 5.54 Å². The van der Waals surface area contributed by atoms with E-state index in [1.165, 1.54) is 0 Å². The van der Waals surface area contributed by atoms with Crippen molar-refractivity contribution in [3.63, 3.8) is 0 Å². The van der Waals surface area contributed by atoms with Gasteiger partial charge in [0.15, 0.2) is 11.5 Å². The molecule has 0 bridgehead atoms. The molecule has 6 heteroatoms. The minimum absolute atomic E-state index is 0.270. The third-order valence-corrected chi connectivity index (χ3v) is 3.52. The van der Waals surface area contributed by atoms with Gasteiger partial charge in [-0.3, -0.25) is 0 Å². The zero-order valence-corrected chi connectivity index (χ0v) is 10.6. The monoisotopic (exact) mass is 261 g/mol. The number of nitrogens with two attached hydrogens (primary N) is 1. The van der Waals surface area contributed by atoms with Gasteiger partial charge < -0.3 is 20.5 Å². The molecular weight excluding hydrogens is 246 g/mol. The average molecular weight is 261 g/mol. The summed E-state index contributed by atoms with van der Waals surface area (Å²) in [5.41, 5.74) is 6.33. The molecule has 2 aliphatic rings. The Morgan fingerprint density at radius 3 is 2.95 bits per heavy atom. The van der Waals surface area contributed by atoms with E-state index in [4.69, 9.17) is 15.2 Å². The molecule has 1 unspecified atom stereocenters. The van der Waals surface area contributed by atoms with E-state index >= 15 is 0 Å². The molecule has 0 aromatic heterocycles. The predicted octanol–water partition coefficient (Wildman–Crippen LogP) is 1.19. The van der Waals surface area contributed by atoms with E-state index in [2.05, 4.69) is 10.3 Å². The van der Waals surface area contributed by atoms with Gasteiger partial charge in [0.25, 0.3) is 0 Å². The quantitative estimate of drug-likeness (QED) is 0.855. The summed E-state index contributed by atoms with van der Waals surface area (Å²) in [6, 6.07) is 5.47. The molecule has 2 heterocycles. The van der Waals surface area contributed by atoms with E-state index in [9.17, 15) is 4.79 Å². The number of benzene rings is 1. The number of aliphatic imine (C=N–C) groups is 1. The molecule has 6 nitrogen and oxygen atoms in total. The standard InChI is InChI=1S/C13H15N3O3/c1-13(11(14)15-12(17)16-13)5-4-8-2-3-9-10(6-8)19-7-18-9/h2-3,6H,4-5,7H2,1H3,(H3,14,15,16,17). The summed E-state index contributed by atoms with van der Waals surface area (Å²) in [6.07, 6.45) is 1.46. The van der Waals surface area contributed by atoms with Gasteiger partial charge in [0.1, 0.15) is 5.84 Å². The summed E-state index contributed by atoms with van der Waals surface area (Å²) in [7, 11) is 0. The zero-order valence-electron chi connectivity index (χ0n) is 10.6. The molecule has 2 amide bonds. The predicted molar refractivity (Wildman–Crippen MR) is 69.4 cm³/mol. The summed E-state index contributed by atoms with van der Waals surface area (Å²) in [6.45, 7) is 2.15. The lowest BCUT2D eigenvalue weighted by molar-refractivity contribution is 0.174. The van der Waals surface area contributed by atoms with Crippen LogP contribution in [0.15, 0.2) is 23.2 Å². The smallest absolute Gasteiger partial charge is 0.343 e. The van der Waals surface area contributed by atoms with Gasteiger partial charge in [-0.1, -0.05) is 6.07 Å². The van der Waals surface area contributed by atoms with Crippen LogP contribution in [0, 0.1) is 0 Å². The number of aryl methyl sites for hydroxylation is 1. The number of hydrogen-bond donors (Lipinski definition) is 2. The van der Waals surface area contributed by atoms with Gasteiger partial charge in [0.2, 0.25) is 6.79 Å². The van der Waals surface area contributed by atoms with Crippen LogP contribution >= 0.6 is 0 Å². The third-order valence-electron chi connectivity index (χ3n) is 3.52. The van der Waals surface area contributed by atoms with Crippen LogP contribution in [0.4, 0.5) is 4.79 Å². The lowest BCUT2D eigenvalue weighted by atomic mass is 9.93. The Kier molecular flexibility index (Phi) is 2.58. The molecule has 0 saturated carbocycles. The Morgan fingerprint density at radius 2 is 2.21 bits per heavy atom. The molecule has 3 rings (SSSR count). The molecule has 0 radical (unpaired) electrons. The number of amides is 2. The van der Waals surface area contributed by atoms with Gasteiger partial charge in [-0.25, -0.2) is 4.79 Å². The lowest BCUT2D eigenvalue weighted by Crippen LogP contribution is -2.49. The molecule has 1 atom stereocenters. The number of amidine groups is 1. The number of rotatable bonds is 3. The van der Waals surface area contributed by atoms with Crippen LogP contribution in [0.25, 0.3) is 0 Å². The van der Waals surface area contributed by atoms with E-state index in [0.29, 0.717) is 12.3 Å². The Balaban J connectivity index is 1.70. The first-order valence-corrected chi connectivity index (χ1v) is 6.12. The van der Waals surface area contributed by atoms with Gasteiger partial charge in [-0.2, -0.15) is 4.99 Å². The Bertz CT molecular complexity index is 570. The van der Waals surface area contributed by atoms with Crippen LogP contribution < -0.4 is 20.5 Å². The number of hydrogen-bond acceptors (Lipinski definition) is 4. The summed E-state index contributed by atoms with van der Waals surface area (Å²) in [5, 5.41) is 2.78. The van der Waals surface area contributed by atoms with Crippen molar-refractivity contribution in [3.8, 4) is 11.5 Å². The minimum atomic E-state index is -0.562. The van der Waals surface area contributed by atoms with Crippen molar-refractivity contribution in [2.24, 2.45) is 10.7 Å². The van der Waals surface area contributed by atoms with Crippen molar-refractivity contribution in [1.82, 2.24) is 5.32 Å². The minimum Gasteiger partial charge on any atom is -0.454 e. The maximum absolute atomic E-state index is 11.2. The number of carbonyl (C=O) groups is 1. The second-order valence-electron chi connectivity index (χ2n) is 4.95. The molecule has 0 saturated heterocycles. The number of ether oxygens (including phenoxy) is 2. The molecule has 1 aromatic carbocycles. The first kappa shape index (κ1) is 11.8. The molecule has 1 aromatic rings. The summed E-state index contributed by atoms with van der Waals surface area (Å²) in [5.74, 6) is 1.88. The highest BCUT2D eigenvalue weighted by Crippen LogP contribution is 2.33.